The van der Waals surface area contributed by atoms with Crippen LogP contribution in [-0.4, -0.2) is 20.6 Å². The second-order valence-corrected chi connectivity index (χ2v) is 5.69. The minimum atomic E-state index is -1.11. The topological polar surface area (TPSA) is 92.2 Å². The molecule has 0 bridgehead atoms. The predicted octanol–water partition coefficient (Wildman–Crippen LogP) is 1.94. The van der Waals surface area contributed by atoms with Gasteiger partial charge in [-0.15, -0.1) is 0 Å². The Balaban J connectivity index is 1.99. The molecule has 0 amide bonds. The van der Waals surface area contributed by atoms with Gasteiger partial charge in [0.1, 0.15) is 0 Å². The van der Waals surface area contributed by atoms with Gasteiger partial charge in [0.25, 0.3) is 5.56 Å². The molecule has 3 aromatic rings. The standard InChI is InChI=1S/C18H16N2O4/c1-11-3-2-4-12(9-11)7-8-20-16(21)14-6-5-13(17(22)23)10-15(14)19-18(20)24/h2-6,9-10H,7-8H2,1H3,(H,19,24)(H,22,23). The maximum Gasteiger partial charge on any atom is 0.335 e. The Morgan fingerprint density at radius 3 is 2.67 bits per heavy atom. The van der Waals surface area contributed by atoms with E-state index in [9.17, 15) is 14.4 Å². The van der Waals surface area contributed by atoms with Gasteiger partial charge in [0.05, 0.1) is 16.5 Å². The number of aromatic nitrogens is 2. The number of hydrogen-bond acceptors (Lipinski definition) is 3. The summed E-state index contributed by atoms with van der Waals surface area (Å²) in [7, 11) is 0. The summed E-state index contributed by atoms with van der Waals surface area (Å²) in [6.07, 6.45) is 0.559. The lowest BCUT2D eigenvalue weighted by Gasteiger charge is -2.07. The molecule has 1 aromatic heterocycles. The normalized spacial score (nSPS) is 10.9. The van der Waals surface area contributed by atoms with Crippen LogP contribution in [0, 0.1) is 6.92 Å². The van der Waals surface area contributed by atoms with E-state index in [2.05, 4.69) is 4.98 Å². The van der Waals surface area contributed by atoms with Crippen LogP contribution in [0.15, 0.2) is 52.1 Å². The lowest BCUT2D eigenvalue weighted by molar-refractivity contribution is 0.0697. The Hall–Kier alpha value is -3.15. The molecule has 3 rings (SSSR count). The van der Waals surface area contributed by atoms with Crippen molar-refractivity contribution in [2.45, 2.75) is 19.9 Å². The molecule has 0 aliphatic heterocycles. The molecule has 6 heteroatoms. The molecule has 0 spiro atoms. The number of aryl methyl sites for hydroxylation is 2. The number of H-pyrrole nitrogens is 1. The number of fused-ring (bicyclic) bond motifs is 1. The van der Waals surface area contributed by atoms with Crippen LogP contribution in [0.4, 0.5) is 0 Å². The molecule has 0 aliphatic carbocycles. The molecule has 0 atom stereocenters. The second-order valence-electron chi connectivity index (χ2n) is 5.69. The fourth-order valence-electron chi connectivity index (χ4n) is 2.70. The summed E-state index contributed by atoms with van der Waals surface area (Å²) in [5.74, 6) is -1.11. The first-order valence-corrected chi connectivity index (χ1v) is 7.51. The first-order valence-electron chi connectivity index (χ1n) is 7.51. The fraction of sp³-hybridized carbons (Fsp3) is 0.167. The maximum absolute atomic E-state index is 12.5. The average Bonchev–Trinajstić information content (AvgIpc) is 2.54. The average molecular weight is 324 g/mol. The van der Waals surface area contributed by atoms with Gasteiger partial charge in [0, 0.05) is 6.54 Å². The van der Waals surface area contributed by atoms with Crippen LogP contribution in [0.1, 0.15) is 21.5 Å². The third-order valence-electron chi connectivity index (χ3n) is 3.94. The van der Waals surface area contributed by atoms with E-state index in [1.54, 1.807) is 0 Å². The van der Waals surface area contributed by atoms with Crippen molar-refractivity contribution in [1.82, 2.24) is 9.55 Å². The molecular weight excluding hydrogens is 308 g/mol. The van der Waals surface area contributed by atoms with Gasteiger partial charge in [-0.05, 0) is 37.1 Å². The molecule has 2 N–H and O–H groups in total. The van der Waals surface area contributed by atoms with Crippen LogP contribution >= 0.6 is 0 Å². The molecule has 2 aromatic carbocycles. The van der Waals surface area contributed by atoms with Crippen molar-refractivity contribution in [2.75, 3.05) is 0 Å². The summed E-state index contributed by atoms with van der Waals surface area (Å²) in [5, 5.41) is 9.29. The number of aromatic carboxylic acids is 1. The SMILES string of the molecule is Cc1cccc(CCn2c(=O)[nH]c3cc(C(=O)O)ccc3c2=O)c1. The van der Waals surface area contributed by atoms with E-state index >= 15 is 0 Å². The highest BCUT2D eigenvalue weighted by Crippen LogP contribution is 2.10. The molecule has 0 aliphatic rings. The Bertz CT molecular complexity index is 1050. The Morgan fingerprint density at radius 1 is 1.17 bits per heavy atom. The highest BCUT2D eigenvalue weighted by atomic mass is 16.4. The molecule has 1 heterocycles. The van der Waals surface area contributed by atoms with Crippen LogP contribution < -0.4 is 11.2 Å². The first-order chi connectivity index (χ1) is 11.5. The Labute approximate surface area is 137 Å². The number of nitrogens with one attached hydrogen (secondary N) is 1. The highest BCUT2D eigenvalue weighted by molar-refractivity contribution is 5.92. The van der Waals surface area contributed by atoms with Gasteiger partial charge in [-0.2, -0.15) is 0 Å². The van der Waals surface area contributed by atoms with Crippen molar-refractivity contribution < 1.29 is 9.90 Å². The third-order valence-corrected chi connectivity index (χ3v) is 3.94. The number of aromatic amines is 1. The van der Waals surface area contributed by atoms with E-state index in [-0.39, 0.29) is 17.6 Å². The number of nitrogens with zero attached hydrogens (tertiary/aromatic N) is 1. The van der Waals surface area contributed by atoms with Gasteiger partial charge in [-0.3, -0.25) is 9.36 Å². The summed E-state index contributed by atoms with van der Waals surface area (Å²) in [6, 6.07) is 12.0. The molecule has 0 unspecified atom stereocenters. The summed E-state index contributed by atoms with van der Waals surface area (Å²) in [4.78, 5) is 38.3. The van der Waals surface area contributed by atoms with Crippen LogP contribution in [-0.2, 0) is 13.0 Å². The predicted molar refractivity (Wildman–Crippen MR) is 90.7 cm³/mol. The number of carbonyl (C=O) groups is 1. The highest BCUT2D eigenvalue weighted by Gasteiger charge is 2.10. The van der Waals surface area contributed by atoms with Gasteiger partial charge in [-0.25, -0.2) is 9.59 Å². The van der Waals surface area contributed by atoms with Crippen LogP contribution in [0.5, 0.6) is 0 Å². The van der Waals surface area contributed by atoms with Crippen molar-refractivity contribution in [2.24, 2.45) is 0 Å². The molecule has 0 saturated heterocycles. The molecule has 122 valence electrons. The number of carboxylic acids is 1. The van der Waals surface area contributed by atoms with Gasteiger partial charge in [-0.1, -0.05) is 29.8 Å². The molecule has 6 nitrogen and oxygen atoms in total. The number of hydrogen-bond donors (Lipinski definition) is 2. The zero-order valence-electron chi connectivity index (χ0n) is 13.1. The molecule has 24 heavy (non-hydrogen) atoms. The largest absolute Gasteiger partial charge is 0.478 e. The quantitative estimate of drug-likeness (QED) is 0.767. The van der Waals surface area contributed by atoms with E-state index in [1.165, 1.54) is 18.2 Å². The van der Waals surface area contributed by atoms with Gasteiger partial charge in [0.2, 0.25) is 0 Å². The molecular formula is C18H16N2O4. The van der Waals surface area contributed by atoms with Crippen molar-refractivity contribution in [3.63, 3.8) is 0 Å². The van der Waals surface area contributed by atoms with E-state index in [0.717, 1.165) is 15.7 Å². The zero-order chi connectivity index (χ0) is 17.3. The minimum absolute atomic E-state index is 0.0232. The Kier molecular flexibility index (Phi) is 4.04. The minimum Gasteiger partial charge on any atom is -0.478 e. The van der Waals surface area contributed by atoms with E-state index in [1.807, 2.05) is 31.2 Å². The van der Waals surface area contributed by atoms with E-state index in [0.29, 0.717) is 11.8 Å². The van der Waals surface area contributed by atoms with Gasteiger partial charge < -0.3 is 10.1 Å². The van der Waals surface area contributed by atoms with E-state index < -0.39 is 17.2 Å². The lowest BCUT2D eigenvalue weighted by atomic mass is 10.1. The number of carboxylic acid groups (broad SMARTS) is 1. The second kappa shape index (κ2) is 6.16. The van der Waals surface area contributed by atoms with Crippen molar-refractivity contribution in [1.29, 1.82) is 0 Å². The number of rotatable bonds is 4. The van der Waals surface area contributed by atoms with E-state index in [4.69, 9.17) is 5.11 Å². The maximum atomic E-state index is 12.5. The van der Waals surface area contributed by atoms with Crippen molar-refractivity contribution in [3.8, 4) is 0 Å². The van der Waals surface area contributed by atoms with Crippen LogP contribution in [0.2, 0.25) is 0 Å². The van der Waals surface area contributed by atoms with Crippen molar-refractivity contribution in [3.05, 3.63) is 80.0 Å². The van der Waals surface area contributed by atoms with Gasteiger partial charge >= 0.3 is 11.7 Å². The summed E-state index contributed by atoms with van der Waals surface area (Å²) < 4.78 is 1.14. The monoisotopic (exact) mass is 324 g/mol. The third kappa shape index (κ3) is 2.99. The molecule has 0 radical (unpaired) electrons. The molecule has 0 saturated carbocycles. The van der Waals surface area contributed by atoms with Crippen molar-refractivity contribution >= 4 is 16.9 Å². The van der Waals surface area contributed by atoms with Crippen LogP contribution in [0.25, 0.3) is 10.9 Å². The number of benzene rings is 2. The van der Waals surface area contributed by atoms with Crippen LogP contribution in [0.3, 0.4) is 0 Å². The Morgan fingerprint density at radius 2 is 1.96 bits per heavy atom. The summed E-state index contributed by atoms with van der Waals surface area (Å²) in [6.45, 7) is 2.24. The van der Waals surface area contributed by atoms with Gasteiger partial charge in [0.15, 0.2) is 0 Å². The summed E-state index contributed by atoms with van der Waals surface area (Å²) >= 11 is 0. The smallest absolute Gasteiger partial charge is 0.335 e. The fourth-order valence-corrected chi connectivity index (χ4v) is 2.70. The first kappa shape index (κ1) is 15.7. The molecule has 0 fully saturated rings. The zero-order valence-corrected chi connectivity index (χ0v) is 13.1. The lowest BCUT2D eigenvalue weighted by Crippen LogP contribution is -2.35. The summed E-state index contributed by atoms with van der Waals surface area (Å²) in [5.41, 5.74) is 1.46.